The molecule has 1 aliphatic carbocycles. The average Bonchev–Trinajstić information content (AvgIpc) is 3.38. The number of hydrogen-bond donors (Lipinski definition) is 1. The van der Waals surface area contributed by atoms with Crippen LogP contribution in [0.1, 0.15) is 30.4 Å². The first-order valence-corrected chi connectivity index (χ1v) is 9.96. The lowest BCUT2D eigenvalue weighted by Gasteiger charge is -2.33. The first-order valence-electron chi connectivity index (χ1n) is 9.96. The van der Waals surface area contributed by atoms with Crippen LogP contribution in [0.5, 0.6) is 0 Å². The van der Waals surface area contributed by atoms with Crippen LogP contribution in [0.4, 0.5) is 14.5 Å². The summed E-state index contributed by atoms with van der Waals surface area (Å²) in [5.41, 5.74) is 2.36. The summed E-state index contributed by atoms with van der Waals surface area (Å²) in [4.78, 5) is 27.0. The molecule has 2 aromatic carbocycles. The van der Waals surface area contributed by atoms with E-state index in [1.54, 1.807) is 0 Å². The highest BCUT2D eigenvalue weighted by Gasteiger charge is 2.58. The van der Waals surface area contributed by atoms with Crippen LogP contribution in [0.25, 0.3) is 0 Å². The van der Waals surface area contributed by atoms with Gasteiger partial charge in [0.05, 0.1) is 6.42 Å². The Labute approximate surface area is 168 Å². The highest BCUT2D eigenvalue weighted by Crippen LogP contribution is 2.59. The van der Waals surface area contributed by atoms with Gasteiger partial charge in [-0.25, -0.2) is 8.78 Å². The van der Waals surface area contributed by atoms with E-state index in [-0.39, 0.29) is 28.8 Å². The molecular formula is C23H24F2N2O2. The van der Waals surface area contributed by atoms with Crippen LogP contribution in [0.3, 0.4) is 0 Å². The summed E-state index contributed by atoms with van der Waals surface area (Å²) in [6.45, 7) is 3.32. The van der Waals surface area contributed by atoms with Gasteiger partial charge in [0.25, 0.3) is 0 Å². The summed E-state index contributed by atoms with van der Waals surface area (Å²) in [6.07, 6.45) is 2.77. The first-order chi connectivity index (χ1) is 13.9. The molecule has 0 radical (unpaired) electrons. The van der Waals surface area contributed by atoms with Crippen molar-refractivity contribution in [2.45, 2.75) is 32.6 Å². The highest BCUT2D eigenvalue weighted by atomic mass is 19.2. The number of likely N-dealkylation sites (tertiary alicyclic amines) is 1. The van der Waals surface area contributed by atoms with Crippen LogP contribution in [0.2, 0.25) is 0 Å². The second-order valence-electron chi connectivity index (χ2n) is 8.28. The minimum absolute atomic E-state index is 0.0667. The number of halogens is 2. The monoisotopic (exact) mass is 398 g/mol. The lowest BCUT2D eigenvalue weighted by molar-refractivity contribution is -0.132. The number of benzene rings is 2. The van der Waals surface area contributed by atoms with Crippen LogP contribution in [-0.4, -0.2) is 29.8 Å². The fraction of sp³-hybridized carbons (Fsp3) is 0.391. The van der Waals surface area contributed by atoms with Gasteiger partial charge in [0.15, 0.2) is 11.6 Å². The number of anilines is 1. The Kier molecular flexibility index (Phi) is 5.11. The Hall–Kier alpha value is -2.76. The van der Waals surface area contributed by atoms with E-state index >= 15 is 0 Å². The van der Waals surface area contributed by atoms with Crippen molar-refractivity contribution in [2.24, 2.45) is 11.3 Å². The summed E-state index contributed by atoms with van der Waals surface area (Å²) < 4.78 is 26.4. The number of amides is 2. The molecule has 1 spiro atoms. The van der Waals surface area contributed by atoms with Crippen molar-refractivity contribution >= 4 is 17.5 Å². The van der Waals surface area contributed by atoms with E-state index in [2.05, 4.69) is 5.32 Å². The number of carbonyl (C=O) groups is 2. The van der Waals surface area contributed by atoms with Gasteiger partial charge in [0.2, 0.25) is 11.8 Å². The highest BCUT2D eigenvalue weighted by molar-refractivity contribution is 5.95. The molecule has 2 amide bonds. The van der Waals surface area contributed by atoms with Gasteiger partial charge in [-0.05, 0) is 49.3 Å². The number of piperidine rings is 1. The maximum Gasteiger partial charge on any atom is 0.228 e. The normalized spacial score (nSPS) is 19.8. The lowest BCUT2D eigenvalue weighted by Crippen LogP contribution is -2.41. The largest absolute Gasteiger partial charge is 0.342 e. The smallest absolute Gasteiger partial charge is 0.228 e. The van der Waals surface area contributed by atoms with Gasteiger partial charge in [-0.3, -0.25) is 9.59 Å². The summed E-state index contributed by atoms with van der Waals surface area (Å²) in [6, 6.07) is 11.3. The van der Waals surface area contributed by atoms with E-state index in [0.717, 1.165) is 42.5 Å². The van der Waals surface area contributed by atoms with Gasteiger partial charge >= 0.3 is 0 Å². The van der Waals surface area contributed by atoms with Crippen LogP contribution < -0.4 is 5.32 Å². The number of nitrogens with one attached hydrogen (secondary N) is 1. The molecule has 4 rings (SSSR count). The van der Waals surface area contributed by atoms with Crippen molar-refractivity contribution in [1.29, 1.82) is 0 Å². The number of nitrogens with zero attached hydrogens (tertiary/aromatic N) is 1. The standard InChI is InChI=1S/C23H24F2N2O2/c1-15-3-2-4-16(11-15)12-21(28)27-9-7-23(8-10-27)14-18(23)22(29)26-17-5-6-19(24)20(25)13-17/h2-6,11,13,18H,7-10,12,14H2,1H3,(H,26,29)/t18-/m0/s1. The molecule has 1 aliphatic heterocycles. The summed E-state index contributed by atoms with van der Waals surface area (Å²) >= 11 is 0. The molecular weight excluding hydrogens is 374 g/mol. The second kappa shape index (κ2) is 7.58. The SMILES string of the molecule is Cc1cccc(CC(=O)N2CCC3(CC2)C[C@H]3C(=O)Nc2ccc(F)c(F)c2)c1. The predicted molar refractivity (Wildman–Crippen MR) is 106 cm³/mol. The fourth-order valence-electron chi connectivity index (χ4n) is 4.38. The fourth-order valence-corrected chi connectivity index (χ4v) is 4.38. The van der Waals surface area contributed by atoms with Crippen molar-refractivity contribution in [3.05, 3.63) is 65.2 Å². The Morgan fingerprint density at radius 2 is 1.86 bits per heavy atom. The van der Waals surface area contributed by atoms with E-state index in [1.807, 2.05) is 36.1 Å². The van der Waals surface area contributed by atoms with Crippen molar-refractivity contribution in [3.8, 4) is 0 Å². The van der Waals surface area contributed by atoms with E-state index < -0.39 is 11.6 Å². The van der Waals surface area contributed by atoms with Gasteiger partial charge in [0, 0.05) is 30.8 Å². The lowest BCUT2D eigenvalue weighted by atomic mass is 9.90. The molecule has 2 aromatic rings. The summed E-state index contributed by atoms with van der Waals surface area (Å²) in [7, 11) is 0. The minimum atomic E-state index is -0.978. The molecule has 1 heterocycles. The van der Waals surface area contributed by atoms with Gasteiger partial charge in [-0.1, -0.05) is 29.8 Å². The molecule has 4 nitrogen and oxygen atoms in total. The van der Waals surface area contributed by atoms with Gasteiger partial charge in [-0.2, -0.15) is 0 Å². The van der Waals surface area contributed by atoms with Crippen LogP contribution in [-0.2, 0) is 16.0 Å². The number of carbonyl (C=O) groups excluding carboxylic acids is 2. The van der Waals surface area contributed by atoms with E-state index in [0.29, 0.717) is 19.5 Å². The third-order valence-electron chi connectivity index (χ3n) is 6.24. The van der Waals surface area contributed by atoms with Crippen LogP contribution >= 0.6 is 0 Å². The van der Waals surface area contributed by atoms with Crippen LogP contribution in [0.15, 0.2) is 42.5 Å². The Morgan fingerprint density at radius 3 is 2.55 bits per heavy atom. The second-order valence-corrected chi connectivity index (χ2v) is 8.28. The molecule has 1 N–H and O–H groups in total. The van der Waals surface area contributed by atoms with E-state index in [9.17, 15) is 18.4 Å². The quantitative estimate of drug-likeness (QED) is 0.844. The number of rotatable bonds is 4. The van der Waals surface area contributed by atoms with Gasteiger partial charge < -0.3 is 10.2 Å². The molecule has 1 atom stereocenters. The summed E-state index contributed by atoms with van der Waals surface area (Å²) in [5.74, 6) is -2.09. The molecule has 0 aromatic heterocycles. The first kappa shape index (κ1) is 19.6. The molecule has 2 fully saturated rings. The van der Waals surface area contributed by atoms with Crippen molar-refractivity contribution in [3.63, 3.8) is 0 Å². The molecule has 2 aliphatic rings. The van der Waals surface area contributed by atoms with Crippen molar-refractivity contribution in [1.82, 2.24) is 4.90 Å². The molecule has 152 valence electrons. The Morgan fingerprint density at radius 1 is 1.10 bits per heavy atom. The zero-order valence-corrected chi connectivity index (χ0v) is 16.4. The Balaban J connectivity index is 1.30. The predicted octanol–water partition coefficient (Wildman–Crippen LogP) is 4.08. The molecule has 1 saturated carbocycles. The van der Waals surface area contributed by atoms with Crippen molar-refractivity contribution < 1.29 is 18.4 Å². The molecule has 0 bridgehead atoms. The molecule has 6 heteroatoms. The zero-order chi connectivity index (χ0) is 20.6. The number of hydrogen-bond acceptors (Lipinski definition) is 2. The molecule has 1 saturated heterocycles. The molecule has 29 heavy (non-hydrogen) atoms. The minimum Gasteiger partial charge on any atom is -0.342 e. The number of aryl methyl sites for hydroxylation is 1. The molecule has 0 unspecified atom stereocenters. The van der Waals surface area contributed by atoms with Crippen molar-refractivity contribution in [2.75, 3.05) is 18.4 Å². The zero-order valence-electron chi connectivity index (χ0n) is 16.4. The topological polar surface area (TPSA) is 49.4 Å². The third-order valence-corrected chi connectivity index (χ3v) is 6.24. The van der Waals surface area contributed by atoms with Crippen LogP contribution in [0, 0.1) is 29.9 Å². The third kappa shape index (κ3) is 4.16. The van der Waals surface area contributed by atoms with Gasteiger partial charge in [0.1, 0.15) is 0 Å². The van der Waals surface area contributed by atoms with E-state index in [1.165, 1.54) is 6.07 Å². The van der Waals surface area contributed by atoms with Gasteiger partial charge in [-0.15, -0.1) is 0 Å². The average molecular weight is 398 g/mol. The summed E-state index contributed by atoms with van der Waals surface area (Å²) in [5, 5.41) is 2.69. The van der Waals surface area contributed by atoms with E-state index in [4.69, 9.17) is 0 Å². The Bertz CT molecular complexity index is 952. The maximum absolute atomic E-state index is 13.3. The maximum atomic E-state index is 13.3.